The summed E-state index contributed by atoms with van der Waals surface area (Å²) in [6.45, 7) is 7.98. The fourth-order valence-corrected chi connectivity index (χ4v) is 3.45. The van der Waals surface area contributed by atoms with Crippen molar-refractivity contribution in [2.45, 2.75) is 27.7 Å². The van der Waals surface area contributed by atoms with Crippen molar-refractivity contribution in [3.63, 3.8) is 0 Å². The normalized spacial score (nSPS) is 11.0. The molecule has 112 valence electrons. The van der Waals surface area contributed by atoms with E-state index >= 15 is 0 Å². The zero-order valence-electron chi connectivity index (χ0n) is 12.6. The fraction of sp³-hybridized carbons (Fsp3) is 0.400. The second kappa shape index (κ2) is 6.27. The Morgan fingerprint density at radius 2 is 1.76 bits per heavy atom. The molecule has 0 spiro atoms. The Morgan fingerprint density at radius 1 is 1.14 bits per heavy atom. The summed E-state index contributed by atoms with van der Waals surface area (Å²) >= 11 is 0. The van der Waals surface area contributed by atoms with Crippen molar-refractivity contribution in [3.8, 4) is 0 Å². The zero-order chi connectivity index (χ0) is 15.6. The minimum atomic E-state index is -0.408. The van der Waals surface area contributed by atoms with E-state index in [0.29, 0.717) is 32.1 Å². The number of aromatic nitrogens is 1. The van der Waals surface area contributed by atoms with Crippen molar-refractivity contribution in [2.24, 2.45) is 0 Å². The molecule has 2 heterocycles. The summed E-state index contributed by atoms with van der Waals surface area (Å²) in [5.74, 6) is -0.797. The van der Waals surface area contributed by atoms with E-state index in [1.807, 2.05) is 26.1 Å². The van der Waals surface area contributed by atoms with Gasteiger partial charge >= 0.3 is 11.9 Å². The molecule has 0 saturated heterocycles. The number of esters is 2. The highest BCUT2D eigenvalue weighted by molar-refractivity contribution is 7.35. The maximum atomic E-state index is 12.1. The minimum absolute atomic E-state index is 0.299. The highest BCUT2D eigenvalue weighted by Crippen LogP contribution is 2.32. The van der Waals surface area contributed by atoms with Crippen LogP contribution in [0.3, 0.4) is 0 Å². The van der Waals surface area contributed by atoms with Gasteiger partial charge in [-0.3, -0.25) is 0 Å². The standard InChI is InChI=1S/C15H18NO4P/c1-5-19-14(17)12-11-10(4)7-9(3)8-16(11)13(21-12)15(18)20-6-2/h7-8H,5-6H2,1-4H3. The lowest BCUT2D eigenvalue weighted by Crippen LogP contribution is -2.07. The predicted molar refractivity (Wildman–Crippen MR) is 81.3 cm³/mol. The average Bonchev–Trinajstić information content (AvgIpc) is 2.79. The Morgan fingerprint density at radius 3 is 2.38 bits per heavy atom. The van der Waals surface area contributed by atoms with E-state index in [9.17, 15) is 9.59 Å². The number of hydrogen-bond donors (Lipinski definition) is 0. The molecule has 0 amide bonds. The summed E-state index contributed by atoms with van der Waals surface area (Å²) in [6, 6.07) is 1.98. The van der Waals surface area contributed by atoms with Crippen LogP contribution in [-0.2, 0) is 9.47 Å². The monoisotopic (exact) mass is 307 g/mol. The molecular weight excluding hydrogens is 289 g/mol. The number of pyridine rings is 1. The Bertz CT molecular complexity index is 705. The number of ether oxygens (including phenoxy) is 2. The molecule has 2 aromatic rings. The van der Waals surface area contributed by atoms with Gasteiger partial charge in [0.15, 0.2) is 5.43 Å². The third kappa shape index (κ3) is 2.93. The van der Waals surface area contributed by atoms with Crippen molar-refractivity contribution in [1.82, 2.24) is 4.40 Å². The highest BCUT2D eigenvalue weighted by atomic mass is 31.0. The number of hydrogen-bond acceptors (Lipinski definition) is 4. The first kappa shape index (κ1) is 15.5. The molecule has 0 bridgehead atoms. The molecule has 2 aromatic heterocycles. The van der Waals surface area contributed by atoms with Crippen LogP contribution in [-0.4, -0.2) is 29.6 Å². The smallest absolute Gasteiger partial charge is 0.360 e. The summed E-state index contributed by atoms with van der Waals surface area (Å²) in [5, 5.41) is 0.484. The minimum Gasteiger partial charge on any atom is -0.462 e. The molecule has 0 radical (unpaired) electrons. The molecule has 0 aliphatic rings. The maximum absolute atomic E-state index is 12.1. The van der Waals surface area contributed by atoms with Crippen LogP contribution in [0.1, 0.15) is 45.3 Å². The van der Waals surface area contributed by atoms with E-state index in [0.717, 1.165) is 16.6 Å². The first-order valence-corrected chi connectivity index (χ1v) is 7.72. The summed E-state index contributed by atoms with van der Waals surface area (Å²) < 4.78 is 11.9. The van der Waals surface area contributed by atoms with Crippen molar-refractivity contribution in [1.29, 1.82) is 0 Å². The van der Waals surface area contributed by atoms with Crippen molar-refractivity contribution < 1.29 is 19.1 Å². The molecule has 0 fully saturated rings. The predicted octanol–water partition coefficient (Wildman–Crippen LogP) is 3.49. The Kier molecular flexibility index (Phi) is 4.63. The lowest BCUT2D eigenvalue weighted by molar-refractivity contribution is 0.0519. The molecule has 21 heavy (non-hydrogen) atoms. The second-order valence-corrected chi connectivity index (χ2v) is 5.74. The summed E-state index contributed by atoms with van der Waals surface area (Å²) in [6.07, 6.45) is 1.84. The summed E-state index contributed by atoms with van der Waals surface area (Å²) in [4.78, 5) is 24.2. The molecule has 6 heteroatoms. The first-order chi connectivity index (χ1) is 9.99. The third-order valence-corrected chi connectivity index (χ3v) is 4.22. The largest absolute Gasteiger partial charge is 0.462 e. The quantitative estimate of drug-likeness (QED) is 0.811. The van der Waals surface area contributed by atoms with Gasteiger partial charge in [-0.15, -0.1) is 0 Å². The molecule has 0 N–H and O–H groups in total. The molecule has 0 aliphatic heterocycles. The average molecular weight is 307 g/mol. The van der Waals surface area contributed by atoms with Crippen LogP contribution in [0.4, 0.5) is 0 Å². The molecule has 5 nitrogen and oxygen atoms in total. The van der Waals surface area contributed by atoms with Gasteiger partial charge in [0.25, 0.3) is 0 Å². The molecule has 0 aromatic carbocycles. The van der Waals surface area contributed by atoms with E-state index in [1.165, 1.54) is 0 Å². The molecule has 2 rings (SSSR count). The van der Waals surface area contributed by atoms with Crippen LogP contribution < -0.4 is 0 Å². The van der Waals surface area contributed by atoms with Crippen LogP contribution in [0.5, 0.6) is 0 Å². The van der Waals surface area contributed by atoms with Gasteiger partial charge in [0, 0.05) is 6.20 Å². The van der Waals surface area contributed by atoms with Crippen molar-refractivity contribution in [3.05, 3.63) is 34.1 Å². The van der Waals surface area contributed by atoms with E-state index in [2.05, 4.69) is 0 Å². The summed E-state index contributed by atoms with van der Waals surface area (Å²) in [5.41, 5.74) is 3.11. The van der Waals surface area contributed by atoms with Crippen LogP contribution in [0.15, 0.2) is 12.3 Å². The van der Waals surface area contributed by atoms with Gasteiger partial charge in [0.1, 0.15) is 5.30 Å². The number of fused-ring (bicyclic) bond motifs is 1. The van der Waals surface area contributed by atoms with Gasteiger partial charge in [-0.05, 0) is 47.0 Å². The second-order valence-electron chi connectivity index (χ2n) is 4.64. The van der Waals surface area contributed by atoms with Gasteiger partial charge in [-0.1, -0.05) is 6.07 Å². The highest BCUT2D eigenvalue weighted by Gasteiger charge is 2.23. The van der Waals surface area contributed by atoms with Crippen LogP contribution in [0, 0.1) is 13.8 Å². The molecule has 0 aliphatic carbocycles. The Balaban J connectivity index is 2.70. The molecular formula is C15H18NO4P. The van der Waals surface area contributed by atoms with Crippen LogP contribution in [0.25, 0.3) is 5.52 Å². The Hall–Kier alpha value is -1.87. The molecule has 0 saturated carbocycles. The number of carbonyl (C=O) groups excluding carboxylic acids is 2. The van der Waals surface area contributed by atoms with Crippen molar-refractivity contribution in [2.75, 3.05) is 13.2 Å². The maximum Gasteiger partial charge on any atom is 0.360 e. The lowest BCUT2D eigenvalue weighted by atomic mass is 10.2. The number of carbonyl (C=O) groups is 2. The van der Waals surface area contributed by atoms with E-state index in [4.69, 9.17) is 9.47 Å². The molecule has 0 atom stereocenters. The number of aryl methyl sites for hydroxylation is 2. The topological polar surface area (TPSA) is 57.0 Å². The van der Waals surface area contributed by atoms with E-state index in [1.54, 1.807) is 18.2 Å². The first-order valence-electron chi connectivity index (χ1n) is 6.83. The van der Waals surface area contributed by atoms with E-state index in [-0.39, 0.29) is 5.97 Å². The lowest BCUT2D eigenvalue weighted by Gasteiger charge is -2.06. The van der Waals surface area contributed by atoms with Crippen molar-refractivity contribution >= 4 is 25.6 Å². The summed E-state index contributed by atoms with van der Waals surface area (Å²) in [7, 11) is 0.527. The SMILES string of the molecule is CCOC(=O)c1pc(C(=O)OCC)n2cc(C)cc(C)c12. The van der Waals surface area contributed by atoms with Gasteiger partial charge in [-0.2, -0.15) is 0 Å². The van der Waals surface area contributed by atoms with Crippen LogP contribution in [0.2, 0.25) is 0 Å². The number of rotatable bonds is 4. The fourth-order valence-electron chi connectivity index (χ4n) is 2.27. The number of nitrogens with zero attached hydrogens (tertiary/aromatic N) is 1. The van der Waals surface area contributed by atoms with Gasteiger partial charge < -0.3 is 13.9 Å². The van der Waals surface area contributed by atoms with Crippen LogP contribution >= 0.6 is 8.19 Å². The van der Waals surface area contributed by atoms with Gasteiger partial charge in [0.05, 0.1) is 18.7 Å². The van der Waals surface area contributed by atoms with Gasteiger partial charge in [-0.25, -0.2) is 9.59 Å². The Labute approximate surface area is 125 Å². The molecule has 0 unspecified atom stereocenters. The zero-order valence-corrected chi connectivity index (χ0v) is 13.5. The third-order valence-electron chi connectivity index (χ3n) is 2.99. The van der Waals surface area contributed by atoms with Gasteiger partial charge in [0.2, 0.25) is 0 Å². The van der Waals surface area contributed by atoms with E-state index < -0.39 is 5.97 Å².